The number of hydrogen-bond donors (Lipinski definition) is 2. The van der Waals surface area contributed by atoms with Crippen LogP contribution in [0.5, 0.6) is 0 Å². The number of carbonyl (C=O) groups is 1. The second kappa shape index (κ2) is 7.61. The fourth-order valence-corrected chi connectivity index (χ4v) is 4.42. The van der Waals surface area contributed by atoms with E-state index in [1.54, 1.807) is 16.2 Å². The van der Waals surface area contributed by atoms with Crippen molar-refractivity contribution in [2.75, 3.05) is 23.3 Å². The molecule has 1 saturated heterocycles. The van der Waals surface area contributed by atoms with Crippen LogP contribution in [0.25, 0.3) is 0 Å². The molecule has 0 bridgehead atoms. The van der Waals surface area contributed by atoms with Gasteiger partial charge in [-0.1, -0.05) is 0 Å². The lowest BCUT2D eigenvalue weighted by atomic mass is 10.1. The zero-order valence-corrected chi connectivity index (χ0v) is 16.0. The molecule has 140 valence electrons. The largest absolute Gasteiger partial charge is 0.367 e. The Bertz CT molecular complexity index is 792. The van der Waals surface area contributed by atoms with Gasteiger partial charge in [0.25, 0.3) is 0 Å². The van der Waals surface area contributed by atoms with Gasteiger partial charge in [-0.2, -0.15) is 0 Å². The van der Waals surface area contributed by atoms with Crippen molar-refractivity contribution in [3.05, 3.63) is 45.2 Å². The number of rotatable bonds is 4. The summed E-state index contributed by atoms with van der Waals surface area (Å²) in [6, 6.07) is 3.68. The maximum atomic E-state index is 14.3. The molecule has 1 aliphatic heterocycles. The Balaban J connectivity index is 1.68. The summed E-state index contributed by atoms with van der Waals surface area (Å²) < 4.78 is 28.7. The number of thiophene rings is 1. The Hall–Kier alpha value is -2.15. The molecule has 1 aromatic carbocycles. The predicted molar refractivity (Wildman–Crippen MR) is 102 cm³/mol. The van der Waals surface area contributed by atoms with Crippen molar-refractivity contribution in [1.82, 2.24) is 5.32 Å². The van der Waals surface area contributed by atoms with Gasteiger partial charge in [0.2, 0.25) is 0 Å². The van der Waals surface area contributed by atoms with Crippen molar-refractivity contribution >= 4 is 28.7 Å². The summed E-state index contributed by atoms with van der Waals surface area (Å²) in [7, 11) is 0. The molecule has 0 aliphatic carbocycles. The van der Waals surface area contributed by atoms with E-state index in [2.05, 4.69) is 10.6 Å². The first-order valence-corrected chi connectivity index (χ1v) is 9.55. The number of halogens is 2. The van der Waals surface area contributed by atoms with E-state index in [0.717, 1.165) is 23.3 Å². The molecular weight excluding hydrogens is 356 g/mol. The highest BCUT2D eigenvalue weighted by atomic mass is 32.1. The third kappa shape index (κ3) is 3.98. The average Bonchev–Trinajstić information content (AvgIpc) is 3.16. The molecule has 0 spiro atoms. The first-order valence-electron chi connectivity index (χ1n) is 8.73. The molecule has 1 atom stereocenters. The van der Waals surface area contributed by atoms with Gasteiger partial charge in [-0.05, 0) is 57.4 Å². The van der Waals surface area contributed by atoms with Crippen LogP contribution >= 0.6 is 11.3 Å². The average molecular weight is 379 g/mol. The van der Waals surface area contributed by atoms with Gasteiger partial charge in [-0.15, -0.1) is 11.3 Å². The third-order valence-electron chi connectivity index (χ3n) is 4.59. The van der Waals surface area contributed by atoms with Crippen molar-refractivity contribution in [1.29, 1.82) is 0 Å². The Morgan fingerprint density at radius 3 is 2.31 bits per heavy atom. The molecule has 1 aromatic heterocycles. The van der Waals surface area contributed by atoms with Crippen LogP contribution < -0.4 is 15.5 Å². The van der Waals surface area contributed by atoms with Crippen LogP contribution in [0.3, 0.4) is 0 Å². The zero-order chi connectivity index (χ0) is 18.8. The van der Waals surface area contributed by atoms with Gasteiger partial charge in [0.15, 0.2) is 11.6 Å². The minimum absolute atomic E-state index is 0.00815. The summed E-state index contributed by atoms with van der Waals surface area (Å²) in [5.74, 6) is -1.31. The molecule has 2 N–H and O–H groups in total. The number of nitrogens with zero attached hydrogens (tertiary/aromatic N) is 1. The molecule has 1 fully saturated rings. The van der Waals surface area contributed by atoms with Gasteiger partial charge in [-0.3, -0.25) is 0 Å². The van der Waals surface area contributed by atoms with E-state index < -0.39 is 17.7 Å². The van der Waals surface area contributed by atoms with Gasteiger partial charge in [0.05, 0.1) is 6.04 Å². The minimum atomic E-state index is -0.653. The number of aryl methyl sites for hydroxylation is 2. The van der Waals surface area contributed by atoms with Gasteiger partial charge in [0.1, 0.15) is 5.69 Å². The Labute approximate surface area is 156 Å². The molecule has 2 heterocycles. The Morgan fingerprint density at radius 2 is 1.77 bits per heavy atom. The van der Waals surface area contributed by atoms with Gasteiger partial charge >= 0.3 is 6.03 Å². The maximum absolute atomic E-state index is 14.3. The van der Waals surface area contributed by atoms with Crippen molar-refractivity contribution < 1.29 is 13.6 Å². The summed E-state index contributed by atoms with van der Waals surface area (Å²) in [6.07, 6.45) is 1.86. The molecule has 7 heteroatoms. The quantitative estimate of drug-likeness (QED) is 0.774. The van der Waals surface area contributed by atoms with E-state index in [-0.39, 0.29) is 17.4 Å². The highest BCUT2D eigenvalue weighted by Gasteiger charge is 2.22. The Kier molecular flexibility index (Phi) is 5.46. The van der Waals surface area contributed by atoms with Crippen LogP contribution in [-0.4, -0.2) is 19.1 Å². The van der Waals surface area contributed by atoms with Gasteiger partial charge in [0, 0.05) is 28.5 Å². The van der Waals surface area contributed by atoms with Crippen molar-refractivity contribution in [3.8, 4) is 0 Å². The first kappa shape index (κ1) is 18.6. The summed E-state index contributed by atoms with van der Waals surface area (Å²) >= 11 is 1.67. The molecule has 2 aromatic rings. The maximum Gasteiger partial charge on any atom is 0.319 e. The SMILES string of the molecule is Cc1cc(C(C)NC(=O)Nc2cc(F)c(N3CCCC3)c(F)c2)c(C)s1. The first-order chi connectivity index (χ1) is 12.3. The molecule has 26 heavy (non-hydrogen) atoms. The Morgan fingerprint density at radius 1 is 1.15 bits per heavy atom. The van der Waals surface area contributed by atoms with Crippen LogP contribution in [-0.2, 0) is 0 Å². The normalized spacial score (nSPS) is 15.2. The summed E-state index contributed by atoms with van der Waals surface area (Å²) in [6.45, 7) is 7.20. The highest BCUT2D eigenvalue weighted by molar-refractivity contribution is 7.12. The summed E-state index contributed by atoms with van der Waals surface area (Å²) in [4.78, 5) is 16.2. The number of carbonyl (C=O) groups excluding carboxylic acids is 1. The van der Waals surface area contributed by atoms with Crippen LogP contribution in [0.4, 0.5) is 25.0 Å². The molecule has 0 saturated carbocycles. The second-order valence-corrected chi connectivity index (χ2v) is 8.13. The number of anilines is 2. The lowest BCUT2D eigenvalue weighted by Crippen LogP contribution is -2.31. The molecule has 3 rings (SSSR count). The molecule has 1 unspecified atom stereocenters. The van der Waals surface area contributed by atoms with E-state index in [4.69, 9.17) is 0 Å². The minimum Gasteiger partial charge on any atom is -0.367 e. The second-order valence-electron chi connectivity index (χ2n) is 6.67. The van der Waals surface area contributed by atoms with Crippen LogP contribution in [0.1, 0.15) is 41.1 Å². The molecule has 2 amide bonds. The molecule has 0 radical (unpaired) electrons. The predicted octanol–water partition coefficient (Wildman–Crippen LogP) is 5.13. The number of amides is 2. The van der Waals surface area contributed by atoms with Crippen LogP contribution in [0.2, 0.25) is 0 Å². The van der Waals surface area contributed by atoms with E-state index >= 15 is 0 Å². The number of urea groups is 1. The monoisotopic (exact) mass is 379 g/mol. The number of benzene rings is 1. The van der Waals surface area contributed by atoms with E-state index in [9.17, 15) is 13.6 Å². The lowest BCUT2D eigenvalue weighted by Gasteiger charge is -2.20. The van der Waals surface area contributed by atoms with Gasteiger partial charge < -0.3 is 15.5 Å². The molecule has 4 nitrogen and oxygen atoms in total. The lowest BCUT2D eigenvalue weighted by molar-refractivity contribution is 0.249. The van der Waals surface area contributed by atoms with Crippen molar-refractivity contribution in [2.45, 2.75) is 39.7 Å². The van der Waals surface area contributed by atoms with Crippen molar-refractivity contribution in [3.63, 3.8) is 0 Å². The molecule has 1 aliphatic rings. The molecular formula is C19H23F2N3OS. The standard InChI is InChI=1S/C19H23F2N3OS/c1-11-8-15(13(3)26-11)12(2)22-19(25)23-14-9-16(20)18(17(21)10-14)24-6-4-5-7-24/h8-10,12H,4-7H2,1-3H3,(H2,22,23,25). The van der Waals surface area contributed by atoms with E-state index in [1.165, 1.54) is 17.0 Å². The van der Waals surface area contributed by atoms with Gasteiger partial charge in [-0.25, -0.2) is 13.6 Å². The summed E-state index contributed by atoms with van der Waals surface area (Å²) in [5, 5.41) is 5.33. The van der Waals surface area contributed by atoms with E-state index in [1.807, 2.05) is 26.8 Å². The zero-order valence-electron chi connectivity index (χ0n) is 15.2. The number of nitrogens with one attached hydrogen (secondary N) is 2. The highest BCUT2D eigenvalue weighted by Crippen LogP contribution is 2.30. The van der Waals surface area contributed by atoms with Crippen molar-refractivity contribution in [2.24, 2.45) is 0 Å². The van der Waals surface area contributed by atoms with Crippen LogP contribution in [0, 0.1) is 25.5 Å². The van der Waals surface area contributed by atoms with Crippen LogP contribution in [0.15, 0.2) is 18.2 Å². The smallest absolute Gasteiger partial charge is 0.319 e. The third-order valence-corrected chi connectivity index (χ3v) is 5.57. The summed E-state index contributed by atoms with van der Waals surface area (Å²) in [5.41, 5.74) is 1.14. The number of hydrogen-bond acceptors (Lipinski definition) is 3. The fraction of sp³-hybridized carbons (Fsp3) is 0.421. The topological polar surface area (TPSA) is 44.4 Å². The van der Waals surface area contributed by atoms with E-state index in [0.29, 0.717) is 13.1 Å². The fourth-order valence-electron chi connectivity index (χ4n) is 3.40.